The molecule has 1 aromatic carbocycles. The number of benzene rings is 1. The van der Waals surface area contributed by atoms with E-state index < -0.39 is 22.7 Å². The predicted octanol–water partition coefficient (Wildman–Crippen LogP) is 0.576. The molecule has 0 bridgehead atoms. The predicted molar refractivity (Wildman–Crippen MR) is 92.3 cm³/mol. The molecule has 1 fully saturated rings. The number of hydrogen-bond donors (Lipinski definition) is 0. The van der Waals surface area contributed by atoms with Gasteiger partial charge in [-0.25, -0.2) is 0 Å². The van der Waals surface area contributed by atoms with Crippen LogP contribution in [0.1, 0.15) is 12.8 Å². The molecule has 8 nitrogen and oxygen atoms in total. The first-order chi connectivity index (χ1) is 12.5. The zero-order chi connectivity index (χ0) is 18.7. The van der Waals surface area contributed by atoms with Gasteiger partial charge in [-0.3, -0.25) is 14.9 Å². The molecule has 138 valence electrons. The maximum absolute atomic E-state index is 12.7. The molecule has 26 heavy (non-hydrogen) atoms. The van der Waals surface area contributed by atoms with Gasteiger partial charge < -0.3 is 19.7 Å². The molecule has 2 atom stereocenters. The Morgan fingerprint density at radius 2 is 1.54 bits per heavy atom. The molecule has 1 aliphatic carbocycles. The van der Waals surface area contributed by atoms with Gasteiger partial charge in [-0.05, 0) is 25.0 Å². The molecule has 3 rings (SSSR count). The summed E-state index contributed by atoms with van der Waals surface area (Å²) < 4.78 is 0. The van der Waals surface area contributed by atoms with Crippen LogP contribution in [0.25, 0.3) is 0 Å². The minimum absolute atomic E-state index is 0.0428. The first kappa shape index (κ1) is 17.9. The zero-order valence-electron chi connectivity index (χ0n) is 14.2. The number of carbonyl (C=O) groups is 2. The fourth-order valence-corrected chi connectivity index (χ4v) is 3.55. The van der Waals surface area contributed by atoms with Crippen molar-refractivity contribution in [2.24, 2.45) is 11.8 Å². The second-order valence-electron chi connectivity index (χ2n) is 6.56. The highest BCUT2D eigenvalue weighted by atomic mass is 16.6. The Hall–Kier alpha value is -2.90. The molecule has 0 aromatic heterocycles. The number of nitro groups is 1. The number of non-ortho nitro benzene ring substituents is 1. The molecular formula is C18H20N3O5-. The van der Waals surface area contributed by atoms with E-state index >= 15 is 0 Å². The molecule has 0 N–H and O–H groups in total. The Labute approximate surface area is 150 Å². The van der Waals surface area contributed by atoms with E-state index in [4.69, 9.17) is 0 Å². The van der Waals surface area contributed by atoms with Gasteiger partial charge in [-0.2, -0.15) is 0 Å². The summed E-state index contributed by atoms with van der Waals surface area (Å²) in [5.41, 5.74) is 0.914. The Morgan fingerprint density at radius 1 is 0.962 bits per heavy atom. The Kier molecular flexibility index (Phi) is 5.20. The molecular weight excluding hydrogens is 338 g/mol. The molecule has 1 amide bonds. The van der Waals surface area contributed by atoms with Crippen molar-refractivity contribution in [1.82, 2.24) is 4.90 Å². The molecule has 1 aliphatic heterocycles. The summed E-state index contributed by atoms with van der Waals surface area (Å²) in [4.78, 5) is 38.1. The molecule has 0 unspecified atom stereocenters. The van der Waals surface area contributed by atoms with Gasteiger partial charge in [-0.15, -0.1) is 0 Å². The number of carbonyl (C=O) groups excluding carboxylic acids is 2. The number of piperazine rings is 1. The summed E-state index contributed by atoms with van der Waals surface area (Å²) in [5, 5.41) is 22.0. The average molecular weight is 358 g/mol. The van der Waals surface area contributed by atoms with Crippen molar-refractivity contribution in [3.63, 3.8) is 0 Å². The maximum Gasteiger partial charge on any atom is 0.269 e. The summed E-state index contributed by atoms with van der Waals surface area (Å²) in [7, 11) is 0. The number of aliphatic carboxylic acids is 1. The van der Waals surface area contributed by atoms with Crippen LogP contribution in [0, 0.1) is 22.0 Å². The number of hydrogen-bond acceptors (Lipinski definition) is 6. The Balaban J connectivity index is 1.61. The van der Waals surface area contributed by atoms with Crippen molar-refractivity contribution in [3.05, 3.63) is 46.5 Å². The highest BCUT2D eigenvalue weighted by molar-refractivity contribution is 5.85. The van der Waals surface area contributed by atoms with Gasteiger partial charge in [0.2, 0.25) is 5.91 Å². The second kappa shape index (κ2) is 7.55. The van der Waals surface area contributed by atoms with Gasteiger partial charge in [0, 0.05) is 61.8 Å². The SMILES string of the molecule is O=C([O-])[C@H]1CC=CC[C@H]1C(=O)N1CCN(c2ccc([N+](=O)[O-])cc2)CC1. The minimum atomic E-state index is -1.17. The van der Waals surface area contributed by atoms with Gasteiger partial charge >= 0.3 is 0 Å². The summed E-state index contributed by atoms with van der Waals surface area (Å²) in [6, 6.07) is 6.33. The number of rotatable bonds is 4. The van der Waals surface area contributed by atoms with E-state index in [0.29, 0.717) is 39.0 Å². The van der Waals surface area contributed by atoms with Crippen molar-refractivity contribution < 1.29 is 19.6 Å². The number of carboxylic acids is 1. The highest BCUT2D eigenvalue weighted by Gasteiger charge is 2.34. The van der Waals surface area contributed by atoms with Crippen LogP contribution in [-0.4, -0.2) is 47.9 Å². The van der Waals surface area contributed by atoms with Gasteiger partial charge in [0.15, 0.2) is 0 Å². The third-order valence-electron chi connectivity index (χ3n) is 5.07. The first-order valence-electron chi connectivity index (χ1n) is 8.61. The lowest BCUT2D eigenvalue weighted by Crippen LogP contribution is -2.52. The number of amides is 1. The van der Waals surface area contributed by atoms with Crippen LogP contribution < -0.4 is 10.0 Å². The van der Waals surface area contributed by atoms with Crippen molar-refractivity contribution in [2.45, 2.75) is 12.8 Å². The van der Waals surface area contributed by atoms with Crippen molar-refractivity contribution in [3.8, 4) is 0 Å². The van der Waals surface area contributed by atoms with Crippen molar-refractivity contribution in [2.75, 3.05) is 31.1 Å². The molecule has 1 aromatic rings. The van der Waals surface area contributed by atoms with E-state index in [1.165, 1.54) is 12.1 Å². The first-order valence-corrected chi connectivity index (χ1v) is 8.61. The molecule has 8 heteroatoms. The monoisotopic (exact) mass is 358 g/mol. The van der Waals surface area contributed by atoms with Crippen LogP contribution in [0.5, 0.6) is 0 Å². The fourth-order valence-electron chi connectivity index (χ4n) is 3.55. The smallest absolute Gasteiger partial charge is 0.269 e. The van der Waals surface area contributed by atoms with Crippen LogP contribution in [0.15, 0.2) is 36.4 Å². The normalized spacial score (nSPS) is 22.9. The van der Waals surface area contributed by atoms with Gasteiger partial charge in [0.25, 0.3) is 5.69 Å². The summed E-state index contributed by atoms with van der Waals surface area (Å²) in [6.07, 6.45) is 4.41. The highest BCUT2D eigenvalue weighted by Crippen LogP contribution is 2.28. The number of anilines is 1. The van der Waals surface area contributed by atoms with Gasteiger partial charge in [0.05, 0.1) is 4.92 Å². The van der Waals surface area contributed by atoms with Crippen LogP contribution >= 0.6 is 0 Å². The third-order valence-corrected chi connectivity index (χ3v) is 5.07. The standard InChI is InChI=1S/C18H21N3O5/c22-17(15-3-1-2-4-16(15)18(23)24)20-11-9-19(10-12-20)13-5-7-14(8-6-13)21(25)26/h1-2,5-8,15-16H,3-4,9-12H2,(H,23,24)/p-1/t15-,16+/m1/s1. The van der Waals surface area contributed by atoms with Crippen LogP contribution in [0.4, 0.5) is 11.4 Å². The summed E-state index contributed by atoms with van der Waals surface area (Å²) in [6.45, 7) is 2.19. The number of nitro benzene ring substituents is 1. The fraction of sp³-hybridized carbons (Fsp3) is 0.444. The lowest BCUT2D eigenvalue weighted by Gasteiger charge is -2.39. The van der Waals surface area contributed by atoms with Crippen LogP contribution in [-0.2, 0) is 9.59 Å². The molecule has 0 spiro atoms. The largest absolute Gasteiger partial charge is 0.550 e. The van der Waals surface area contributed by atoms with E-state index in [1.807, 2.05) is 6.08 Å². The summed E-state index contributed by atoms with van der Waals surface area (Å²) in [5.74, 6) is -2.62. The number of carboxylic acid groups (broad SMARTS) is 1. The molecule has 0 radical (unpaired) electrons. The van der Waals surface area contributed by atoms with E-state index in [-0.39, 0.29) is 11.6 Å². The van der Waals surface area contributed by atoms with Crippen LogP contribution in [0.3, 0.4) is 0 Å². The average Bonchev–Trinajstić information content (AvgIpc) is 2.67. The number of nitrogens with zero attached hydrogens (tertiary/aromatic N) is 3. The molecule has 0 saturated carbocycles. The van der Waals surface area contributed by atoms with Gasteiger partial charge in [0.1, 0.15) is 0 Å². The summed E-state index contributed by atoms with van der Waals surface area (Å²) >= 11 is 0. The quantitative estimate of drug-likeness (QED) is 0.443. The van der Waals surface area contributed by atoms with Crippen molar-refractivity contribution in [1.29, 1.82) is 0 Å². The third kappa shape index (κ3) is 3.68. The molecule has 1 saturated heterocycles. The second-order valence-corrected chi connectivity index (χ2v) is 6.56. The van der Waals surface area contributed by atoms with Crippen LogP contribution in [0.2, 0.25) is 0 Å². The van der Waals surface area contributed by atoms with E-state index in [2.05, 4.69) is 4.90 Å². The van der Waals surface area contributed by atoms with Crippen molar-refractivity contribution >= 4 is 23.3 Å². The minimum Gasteiger partial charge on any atom is -0.550 e. The Bertz CT molecular complexity index is 723. The molecule has 2 aliphatic rings. The number of allylic oxidation sites excluding steroid dienone is 2. The zero-order valence-corrected chi connectivity index (χ0v) is 14.2. The Morgan fingerprint density at radius 3 is 2.08 bits per heavy atom. The topological polar surface area (TPSA) is 107 Å². The maximum atomic E-state index is 12.7. The lowest BCUT2D eigenvalue weighted by atomic mass is 9.82. The van der Waals surface area contributed by atoms with E-state index in [1.54, 1.807) is 23.1 Å². The van der Waals surface area contributed by atoms with E-state index in [0.717, 1.165) is 5.69 Å². The molecule has 1 heterocycles. The van der Waals surface area contributed by atoms with E-state index in [9.17, 15) is 24.8 Å². The van der Waals surface area contributed by atoms with Gasteiger partial charge in [-0.1, -0.05) is 12.2 Å². The lowest BCUT2D eigenvalue weighted by molar-refractivity contribution is -0.384.